The molecular formula is C43H38IN3O3S. The average molecular weight is 804 g/mol. The summed E-state index contributed by atoms with van der Waals surface area (Å²) in [5, 5.41) is 3.62. The first-order valence-electron chi connectivity index (χ1n) is 17.5. The average Bonchev–Trinajstić information content (AvgIpc) is 3.50. The van der Waals surface area contributed by atoms with Crippen LogP contribution in [0.25, 0.3) is 6.08 Å². The van der Waals surface area contributed by atoms with Crippen LogP contribution in [-0.4, -0.2) is 30.8 Å². The van der Waals surface area contributed by atoms with Gasteiger partial charge in [0, 0.05) is 30.6 Å². The van der Waals surface area contributed by atoms with Crippen molar-refractivity contribution in [2.24, 2.45) is 4.99 Å². The van der Waals surface area contributed by atoms with Crippen LogP contribution in [0.5, 0.6) is 11.5 Å². The van der Waals surface area contributed by atoms with Crippen LogP contribution in [-0.2, 0) is 11.4 Å². The Labute approximate surface area is 317 Å². The molecule has 0 unspecified atom stereocenters. The number of halogens is 1. The van der Waals surface area contributed by atoms with Crippen molar-refractivity contribution in [3.8, 4) is 11.5 Å². The molecule has 0 radical (unpaired) electrons. The lowest BCUT2D eigenvalue weighted by Crippen LogP contribution is -2.37. The van der Waals surface area contributed by atoms with Gasteiger partial charge in [-0.1, -0.05) is 91.0 Å². The summed E-state index contributed by atoms with van der Waals surface area (Å²) in [5.74, 6) is 1.77. The van der Waals surface area contributed by atoms with Crippen molar-refractivity contribution < 1.29 is 14.3 Å². The largest absolute Gasteiger partial charge is 0.490 e. The van der Waals surface area contributed by atoms with E-state index in [1.165, 1.54) is 39.7 Å². The molecule has 256 valence electrons. The SMILES string of the molecule is CCOc1cc(/C=C2\SC(=Nc3cc4c5c(c3)[C@H](c3ccccc3)CCN5CC[C@H]4c3ccccc3)NC2=O)cc(I)c1OCc1ccccc1. The van der Waals surface area contributed by atoms with E-state index >= 15 is 0 Å². The van der Waals surface area contributed by atoms with Crippen LogP contribution in [0.2, 0.25) is 0 Å². The van der Waals surface area contributed by atoms with E-state index in [4.69, 9.17) is 14.5 Å². The van der Waals surface area contributed by atoms with Gasteiger partial charge in [-0.05, 0) is 118 Å². The molecule has 0 saturated carbocycles. The molecule has 6 nitrogen and oxygen atoms in total. The van der Waals surface area contributed by atoms with Crippen molar-refractivity contribution in [3.05, 3.63) is 157 Å². The first-order valence-corrected chi connectivity index (χ1v) is 19.4. The molecule has 3 heterocycles. The summed E-state index contributed by atoms with van der Waals surface area (Å²) in [6.45, 7) is 4.98. The maximum absolute atomic E-state index is 13.3. The Morgan fingerprint density at radius 2 is 1.45 bits per heavy atom. The van der Waals surface area contributed by atoms with Crippen molar-refractivity contribution in [2.75, 3.05) is 24.6 Å². The van der Waals surface area contributed by atoms with E-state index < -0.39 is 0 Å². The Hall–Kier alpha value is -4.54. The van der Waals surface area contributed by atoms with Crippen LogP contribution in [0.15, 0.2) is 125 Å². The van der Waals surface area contributed by atoms with Gasteiger partial charge in [0.15, 0.2) is 16.7 Å². The number of benzene rings is 5. The highest BCUT2D eigenvalue weighted by Crippen LogP contribution is 2.50. The minimum Gasteiger partial charge on any atom is -0.490 e. The van der Waals surface area contributed by atoms with Crippen molar-refractivity contribution in [2.45, 2.75) is 38.2 Å². The maximum Gasteiger partial charge on any atom is 0.264 e. The topological polar surface area (TPSA) is 63.2 Å². The molecule has 2 atom stereocenters. The molecule has 0 spiro atoms. The summed E-state index contributed by atoms with van der Waals surface area (Å²) >= 11 is 3.65. The van der Waals surface area contributed by atoms with E-state index in [-0.39, 0.29) is 17.7 Å². The molecule has 1 saturated heterocycles. The Kier molecular flexibility index (Phi) is 9.87. The number of hydrogen-bond donors (Lipinski definition) is 1. The summed E-state index contributed by atoms with van der Waals surface area (Å²) < 4.78 is 13.1. The second-order valence-corrected chi connectivity index (χ2v) is 15.2. The molecule has 5 aromatic rings. The molecule has 0 aromatic heterocycles. The van der Waals surface area contributed by atoms with Gasteiger partial charge in [0.1, 0.15) is 6.61 Å². The molecule has 5 aromatic carbocycles. The van der Waals surface area contributed by atoms with E-state index in [2.05, 4.69) is 106 Å². The van der Waals surface area contributed by atoms with Crippen molar-refractivity contribution in [1.29, 1.82) is 0 Å². The van der Waals surface area contributed by atoms with Crippen molar-refractivity contribution >= 4 is 62.9 Å². The summed E-state index contributed by atoms with van der Waals surface area (Å²) in [6.07, 6.45) is 4.02. The number of carbonyl (C=O) groups excluding carboxylic acids is 1. The fourth-order valence-corrected chi connectivity index (χ4v) is 9.08. The molecule has 51 heavy (non-hydrogen) atoms. The van der Waals surface area contributed by atoms with Crippen molar-refractivity contribution in [1.82, 2.24) is 5.32 Å². The molecule has 3 aliphatic heterocycles. The van der Waals surface area contributed by atoms with E-state index in [1.54, 1.807) is 0 Å². The Bertz CT molecular complexity index is 2050. The predicted molar refractivity (Wildman–Crippen MR) is 216 cm³/mol. The number of carbonyl (C=O) groups is 1. The van der Waals surface area contributed by atoms with Gasteiger partial charge < -0.3 is 19.7 Å². The van der Waals surface area contributed by atoms with Gasteiger partial charge in [0.25, 0.3) is 5.91 Å². The second kappa shape index (κ2) is 15.0. The predicted octanol–water partition coefficient (Wildman–Crippen LogP) is 10.0. The summed E-state index contributed by atoms with van der Waals surface area (Å²) in [7, 11) is 0. The van der Waals surface area contributed by atoms with Crippen LogP contribution in [0.3, 0.4) is 0 Å². The molecule has 0 aliphatic carbocycles. The summed E-state index contributed by atoms with van der Waals surface area (Å²) in [4.78, 5) is 21.6. The van der Waals surface area contributed by atoms with Gasteiger partial charge in [-0.25, -0.2) is 4.99 Å². The molecule has 8 rings (SSSR count). The minimum absolute atomic E-state index is 0.161. The fourth-order valence-electron chi connectivity index (χ4n) is 7.46. The minimum atomic E-state index is -0.161. The number of anilines is 1. The highest BCUT2D eigenvalue weighted by molar-refractivity contribution is 14.1. The summed E-state index contributed by atoms with van der Waals surface area (Å²) in [6, 6.07) is 40.2. The zero-order valence-corrected chi connectivity index (χ0v) is 31.3. The Morgan fingerprint density at radius 3 is 2.06 bits per heavy atom. The van der Waals surface area contributed by atoms with Gasteiger partial charge in [0.05, 0.1) is 20.8 Å². The third kappa shape index (κ3) is 7.17. The van der Waals surface area contributed by atoms with Crippen LogP contribution in [0.1, 0.15) is 65.0 Å². The van der Waals surface area contributed by atoms with Crippen LogP contribution in [0, 0.1) is 3.57 Å². The number of nitrogens with zero attached hydrogens (tertiary/aromatic N) is 2. The third-order valence-corrected chi connectivity index (χ3v) is 11.4. The monoisotopic (exact) mass is 803 g/mol. The second-order valence-electron chi connectivity index (χ2n) is 13.0. The first kappa shape index (κ1) is 33.6. The third-order valence-electron chi connectivity index (χ3n) is 9.74. The number of rotatable bonds is 9. The lowest BCUT2D eigenvalue weighted by molar-refractivity contribution is -0.115. The number of amidine groups is 1. The quantitative estimate of drug-likeness (QED) is 0.119. The highest BCUT2D eigenvalue weighted by atomic mass is 127. The van der Waals surface area contributed by atoms with Gasteiger partial charge in [-0.2, -0.15) is 0 Å². The van der Waals surface area contributed by atoms with Gasteiger partial charge in [-0.3, -0.25) is 4.79 Å². The van der Waals surface area contributed by atoms with E-state index in [9.17, 15) is 4.79 Å². The molecule has 3 aliphatic rings. The van der Waals surface area contributed by atoms with E-state index in [0.29, 0.717) is 34.8 Å². The van der Waals surface area contributed by atoms with Gasteiger partial charge in [-0.15, -0.1) is 0 Å². The zero-order chi connectivity index (χ0) is 34.7. The molecule has 1 fully saturated rings. The Morgan fingerprint density at radius 1 is 0.843 bits per heavy atom. The number of nitrogens with one attached hydrogen (secondary N) is 1. The van der Waals surface area contributed by atoms with Crippen molar-refractivity contribution in [3.63, 3.8) is 0 Å². The number of aliphatic imine (C=N–C) groups is 1. The number of amides is 1. The zero-order valence-electron chi connectivity index (χ0n) is 28.3. The number of thioether (sulfide) groups is 1. The standard InChI is InChI=1S/C43H38IN3O3S/c1-2-49-38-23-29(22-37(44)41(38)50-27-28-12-6-3-7-13-28)24-39-42(48)46-43(51-39)45-32-25-35-33(30-14-8-4-9-15-30)18-20-47-21-19-34(36(26-32)40(35)47)31-16-10-5-11-17-31/h3-17,22-26,33-34H,2,18-21,27H2,1H3,(H,45,46,48)/b39-24-/t33-,34-/m0/s1. The van der Waals surface area contributed by atoms with E-state index in [0.717, 1.165) is 46.3 Å². The van der Waals surface area contributed by atoms with Crippen LogP contribution in [0.4, 0.5) is 11.4 Å². The maximum atomic E-state index is 13.3. The van der Waals surface area contributed by atoms with Crippen LogP contribution >= 0.6 is 34.4 Å². The van der Waals surface area contributed by atoms with Gasteiger partial charge in [0.2, 0.25) is 0 Å². The normalized spacial score (nSPS) is 19.6. The lowest BCUT2D eigenvalue weighted by Gasteiger charge is -2.43. The Balaban J connectivity index is 1.12. The molecule has 1 N–H and O–H groups in total. The number of hydrogen-bond acceptors (Lipinski definition) is 6. The molecule has 8 heteroatoms. The fraction of sp³-hybridized carbons (Fsp3) is 0.209. The van der Waals surface area contributed by atoms with Gasteiger partial charge >= 0.3 is 0 Å². The molecule has 0 bridgehead atoms. The smallest absolute Gasteiger partial charge is 0.264 e. The van der Waals surface area contributed by atoms with E-state index in [1.807, 2.05) is 55.5 Å². The molecular weight excluding hydrogens is 765 g/mol. The first-order chi connectivity index (χ1) is 25.0. The van der Waals surface area contributed by atoms with Crippen LogP contribution < -0.4 is 19.7 Å². The lowest BCUT2D eigenvalue weighted by atomic mass is 9.76. The number of ether oxygens (including phenoxy) is 2. The highest BCUT2D eigenvalue weighted by Gasteiger charge is 2.35. The summed E-state index contributed by atoms with van der Waals surface area (Å²) in [5.41, 5.74) is 9.48. The molecule has 1 amide bonds.